The number of para-hydroxylation sites is 1. The number of carbonyl (C=O) groups is 2. The lowest BCUT2D eigenvalue weighted by molar-refractivity contribution is -0.138. The van der Waals surface area contributed by atoms with E-state index < -0.39 is 0 Å². The number of hydrogen-bond acceptors (Lipinski definition) is 4. The number of imide groups is 1. The molecule has 0 fully saturated rings. The fraction of sp³-hybridized carbons (Fsp3) is 0.154. The van der Waals surface area contributed by atoms with Gasteiger partial charge in [0.05, 0.1) is 19.2 Å². The molecule has 156 valence electrons. The zero-order valence-corrected chi connectivity index (χ0v) is 17.6. The summed E-state index contributed by atoms with van der Waals surface area (Å²) in [4.78, 5) is 30.1. The summed E-state index contributed by atoms with van der Waals surface area (Å²) in [5.74, 6) is 0.0562. The summed E-state index contributed by atoms with van der Waals surface area (Å²) in [6, 6.07) is 26.7. The Balaban J connectivity index is 1.72. The second-order valence-corrected chi connectivity index (χ2v) is 7.44. The van der Waals surface area contributed by atoms with Gasteiger partial charge in [-0.15, -0.1) is 0 Å². The third-order valence-electron chi connectivity index (χ3n) is 5.37. The van der Waals surface area contributed by atoms with Crippen molar-refractivity contribution in [1.29, 1.82) is 0 Å². The standard InChI is InChI=1S/C26H24N2O3/c1-27(17-19-11-5-3-6-12-19)24-23(20-13-7-4-8-14-20)25(29)28(26(24)30)18-21-15-9-10-16-22(21)31-2/h3-16H,17-18H2,1-2H3. The zero-order chi connectivity index (χ0) is 21.8. The molecule has 0 radical (unpaired) electrons. The van der Waals surface area contributed by atoms with Gasteiger partial charge >= 0.3 is 0 Å². The lowest BCUT2D eigenvalue weighted by atomic mass is 10.0. The predicted molar refractivity (Wildman–Crippen MR) is 120 cm³/mol. The minimum Gasteiger partial charge on any atom is -0.496 e. The zero-order valence-electron chi connectivity index (χ0n) is 17.6. The van der Waals surface area contributed by atoms with Gasteiger partial charge in [-0.1, -0.05) is 78.9 Å². The van der Waals surface area contributed by atoms with Gasteiger partial charge in [-0.3, -0.25) is 14.5 Å². The molecule has 0 bridgehead atoms. The largest absolute Gasteiger partial charge is 0.496 e. The number of methoxy groups -OCH3 is 1. The smallest absolute Gasteiger partial charge is 0.278 e. The van der Waals surface area contributed by atoms with E-state index in [1.54, 1.807) is 7.11 Å². The molecule has 0 spiro atoms. The highest BCUT2D eigenvalue weighted by Gasteiger charge is 2.41. The van der Waals surface area contributed by atoms with E-state index in [-0.39, 0.29) is 18.4 Å². The summed E-state index contributed by atoms with van der Waals surface area (Å²) in [7, 11) is 3.43. The molecule has 3 aromatic carbocycles. The summed E-state index contributed by atoms with van der Waals surface area (Å²) < 4.78 is 5.42. The van der Waals surface area contributed by atoms with Gasteiger partial charge in [-0.05, 0) is 17.2 Å². The van der Waals surface area contributed by atoms with Crippen LogP contribution in [0.25, 0.3) is 5.57 Å². The van der Waals surface area contributed by atoms with E-state index >= 15 is 0 Å². The van der Waals surface area contributed by atoms with Crippen LogP contribution in [0.15, 0.2) is 90.6 Å². The Bertz CT molecular complexity index is 1120. The summed E-state index contributed by atoms with van der Waals surface area (Å²) in [5.41, 5.74) is 3.42. The highest BCUT2D eigenvalue weighted by Crippen LogP contribution is 2.33. The van der Waals surface area contributed by atoms with Gasteiger partial charge in [0.25, 0.3) is 11.8 Å². The first-order chi connectivity index (χ1) is 15.1. The van der Waals surface area contributed by atoms with Gasteiger partial charge < -0.3 is 9.64 Å². The molecule has 0 N–H and O–H groups in total. The number of rotatable bonds is 7. The minimum absolute atomic E-state index is 0.153. The van der Waals surface area contributed by atoms with E-state index in [4.69, 9.17) is 4.74 Å². The normalized spacial score (nSPS) is 13.7. The molecule has 5 nitrogen and oxygen atoms in total. The summed E-state index contributed by atoms with van der Waals surface area (Å²) in [6.07, 6.45) is 0. The molecule has 31 heavy (non-hydrogen) atoms. The molecular weight excluding hydrogens is 388 g/mol. The highest BCUT2D eigenvalue weighted by atomic mass is 16.5. The molecule has 0 aromatic heterocycles. The number of amides is 2. The maximum atomic E-state index is 13.5. The van der Waals surface area contributed by atoms with Crippen LogP contribution in [0.1, 0.15) is 16.7 Å². The van der Waals surface area contributed by atoms with Crippen LogP contribution in [-0.2, 0) is 22.7 Å². The second kappa shape index (κ2) is 8.88. The van der Waals surface area contributed by atoms with E-state index in [9.17, 15) is 9.59 Å². The molecule has 1 aliphatic heterocycles. The first-order valence-corrected chi connectivity index (χ1v) is 10.1. The summed E-state index contributed by atoms with van der Waals surface area (Å²) >= 11 is 0. The average molecular weight is 412 g/mol. The second-order valence-electron chi connectivity index (χ2n) is 7.44. The number of ether oxygens (including phenoxy) is 1. The van der Waals surface area contributed by atoms with Crippen molar-refractivity contribution in [3.8, 4) is 5.75 Å². The Morgan fingerprint density at radius 1 is 0.806 bits per heavy atom. The van der Waals surface area contributed by atoms with Gasteiger partial charge in [0.1, 0.15) is 11.4 Å². The van der Waals surface area contributed by atoms with Crippen molar-refractivity contribution in [1.82, 2.24) is 9.80 Å². The van der Waals surface area contributed by atoms with Crippen molar-refractivity contribution < 1.29 is 14.3 Å². The van der Waals surface area contributed by atoms with Crippen molar-refractivity contribution in [2.45, 2.75) is 13.1 Å². The molecule has 0 atom stereocenters. The van der Waals surface area contributed by atoms with Crippen LogP contribution in [0, 0.1) is 0 Å². The van der Waals surface area contributed by atoms with E-state index in [1.807, 2.05) is 96.9 Å². The Labute approximate surface area is 182 Å². The first kappa shape index (κ1) is 20.4. The monoisotopic (exact) mass is 412 g/mol. The molecule has 1 heterocycles. The van der Waals surface area contributed by atoms with Crippen LogP contribution >= 0.6 is 0 Å². The minimum atomic E-state index is -0.298. The topological polar surface area (TPSA) is 49.9 Å². The number of carbonyl (C=O) groups excluding carboxylic acids is 2. The molecule has 0 saturated carbocycles. The van der Waals surface area contributed by atoms with E-state index in [2.05, 4.69) is 0 Å². The van der Waals surface area contributed by atoms with Crippen molar-refractivity contribution >= 4 is 17.4 Å². The third kappa shape index (κ3) is 4.08. The van der Waals surface area contributed by atoms with Crippen LogP contribution in [0.4, 0.5) is 0 Å². The van der Waals surface area contributed by atoms with Crippen molar-refractivity contribution in [3.63, 3.8) is 0 Å². The van der Waals surface area contributed by atoms with E-state index in [0.717, 1.165) is 16.7 Å². The molecule has 1 aliphatic rings. The third-order valence-corrected chi connectivity index (χ3v) is 5.37. The van der Waals surface area contributed by atoms with Crippen LogP contribution in [-0.4, -0.2) is 35.8 Å². The van der Waals surface area contributed by atoms with Crippen molar-refractivity contribution in [3.05, 3.63) is 107 Å². The quantitative estimate of drug-likeness (QED) is 0.548. The van der Waals surface area contributed by atoms with Crippen molar-refractivity contribution in [2.75, 3.05) is 14.2 Å². The summed E-state index contributed by atoms with van der Waals surface area (Å²) in [6.45, 7) is 0.675. The number of nitrogens with zero attached hydrogens (tertiary/aromatic N) is 2. The molecule has 2 amide bonds. The average Bonchev–Trinajstić information content (AvgIpc) is 3.05. The fourth-order valence-corrected chi connectivity index (χ4v) is 3.87. The molecule has 0 saturated heterocycles. The van der Waals surface area contributed by atoms with Gasteiger partial charge in [-0.2, -0.15) is 0 Å². The van der Waals surface area contributed by atoms with Gasteiger partial charge in [-0.25, -0.2) is 0 Å². The number of benzene rings is 3. The Morgan fingerprint density at radius 3 is 2.10 bits per heavy atom. The van der Waals surface area contributed by atoms with Crippen LogP contribution in [0.2, 0.25) is 0 Å². The molecule has 0 aliphatic carbocycles. The van der Waals surface area contributed by atoms with Gasteiger partial charge in [0.2, 0.25) is 0 Å². The maximum absolute atomic E-state index is 13.5. The summed E-state index contributed by atoms with van der Waals surface area (Å²) in [5, 5.41) is 0. The van der Waals surface area contributed by atoms with Gasteiger partial charge in [0.15, 0.2) is 0 Å². The fourth-order valence-electron chi connectivity index (χ4n) is 3.87. The van der Waals surface area contributed by atoms with Crippen molar-refractivity contribution in [2.24, 2.45) is 0 Å². The van der Waals surface area contributed by atoms with Crippen LogP contribution in [0.5, 0.6) is 5.75 Å². The van der Waals surface area contributed by atoms with E-state index in [1.165, 1.54) is 4.90 Å². The molecule has 4 rings (SSSR count). The van der Waals surface area contributed by atoms with Crippen LogP contribution in [0.3, 0.4) is 0 Å². The Hall–Kier alpha value is -3.86. The molecule has 5 heteroatoms. The molecule has 3 aromatic rings. The Morgan fingerprint density at radius 2 is 1.42 bits per heavy atom. The number of hydrogen-bond donors (Lipinski definition) is 0. The molecular formula is C26H24N2O3. The SMILES string of the molecule is COc1ccccc1CN1C(=O)C(c2ccccc2)=C(N(C)Cc2ccccc2)C1=O. The first-order valence-electron chi connectivity index (χ1n) is 10.1. The lowest BCUT2D eigenvalue weighted by Crippen LogP contribution is -2.33. The highest BCUT2D eigenvalue weighted by molar-refractivity contribution is 6.35. The lowest BCUT2D eigenvalue weighted by Gasteiger charge is -2.22. The number of likely N-dealkylation sites (N-methyl/N-ethyl adjacent to an activating group) is 1. The Kier molecular flexibility index (Phi) is 5.85. The van der Waals surface area contributed by atoms with Gasteiger partial charge in [0, 0.05) is 19.2 Å². The maximum Gasteiger partial charge on any atom is 0.278 e. The van der Waals surface area contributed by atoms with Crippen LogP contribution < -0.4 is 4.74 Å². The predicted octanol–water partition coefficient (Wildman–Crippen LogP) is 4.11. The molecule has 0 unspecified atom stereocenters. The van der Waals surface area contributed by atoms with E-state index in [0.29, 0.717) is 23.6 Å².